The van der Waals surface area contributed by atoms with Crippen molar-refractivity contribution >= 4 is 0 Å². The number of hydrogen-bond acceptors (Lipinski definition) is 1. The fraction of sp³-hybridized carbons (Fsp3) is 0. The summed E-state index contributed by atoms with van der Waals surface area (Å²) in [5, 5.41) is 0. The SMILES string of the molecule is [O]=[Ti].[c-]1ccccc1.[c-]1ccccc1.[c-]1ccccc1. The zero-order chi connectivity index (χ0) is 14.7. The van der Waals surface area contributed by atoms with E-state index in [1.165, 1.54) is 0 Å². The third kappa shape index (κ3) is 14.2. The van der Waals surface area contributed by atoms with Gasteiger partial charge in [0.05, 0.1) is 0 Å². The molecule has 0 radical (unpaired) electrons. The van der Waals surface area contributed by atoms with Crippen LogP contribution in [0.1, 0.15) is 0 Å². The first kappa shape index (κ1) is 18.2. The minimum Gasteiger partial charge on any atom is -0.184 e. The first-order chi connectivity index (χ1) is 10.0. The molecule has 0 saturated carbocycles. The topological polar surface area (TPSA) is 17.1 Å². The molecule has 0 bridgehead atoms. The second kappa shape index (κ2) is 17.2. The van der Waals surface area contributed by atoms with Crippen molar-refractivity contribution in [3.63, 3.8) is 0 Å². The molecule has 0 aromatic heterocycles. The largest absolute Gasteiger partial charge is 0.184 e. The van der Waals surface area contributed by atoms with Crippen molar-refractivity contribution in [2.24, 2.45) is 0 Å². The fourth-order valence-electron chi connectivity index (χ4n) is 1.03. The molecule has 3 rings (SSSR count). The van der Waals surface area contributed by atoms with Gasteiger partial charge in [-0.3, -0.25) is 0 Å². The van der Waals surface area contributed by atoms with E-state index in [-0.39, 0.29) is 0 Å². The standard InChI is InChI=1S/3C6H5.O.Ti/c3*1-2-4-6-5-3-1;;/h3*1-5H;;/q3*-1;;. The van der Waals surface area contributed by atoms with Crippen LogP contribution in [-0.2, 0) is 23.7 Å². The normalized spacial score (nSPS) is 7.35. The Morgan fingerprint density at radius 1 is 0.400 bits per heavy atom. The van der Waals surface area contributed by atoms with Gasteiger partial charge in [0.15, 0.2) is 0 Å². The zero-order valence-electron chi connectivity index (χ0n) is 11.1. The predicted molar refractivity (Wildman–Crippen MR) is 76.5 cm³/mol. The van der Waals surface area contributed by atoms with E-state index in [9.17, 15) is 0 Å². The fourth-order valence-corrected chi connectivity index (χ4v) is 1.03. The van der Waals surface area contributed by atoms with Crippen LogP contribution in [0.5, 0.6) is 0 Å². The third-order valence-electron chi connectivity index (χ3n) is 1.82. The second-order valence-corrected chi connectivity index (χ2v) is 3.23. The maximum Gasteiger partial charge on any atom is -0.171 e. The summed E-state index contributed by atoms with van der Waals surface area (Å²) in [6.45, 7) is 0. The summed E-state index contributed by atoms with van der Waals surface area (Å²) in [6, 6.07) is 37.5. The van der Waals surface area contributed by atoms with Gasteiger partial charge in [-0.2, -0.15) is 109 Å². The molecule has 0 amide bonds. The molecular weight excluding hydrogens is 280 g/mol. The minimum absolute atomic E-state index is 0.750. The molecule has 0 unspecified atom stereocenters. The summed E-state index contributed by atoms with van der Waals surface area (Å²) in [5.41, 5.74) is 0. The molecule has 0 atom stereocenters. The molecule has 0 N–H and O–H groups in total. The quantitative estimate of drug-likeness (QED) is 0.445. The first-order valence-corrected chi connectivity index (χ1v) is 6.57. The van der Waals surface area contributed by atoms with E-state index in [2.05, 4.69) is 18.2 Å². The molecule has 100 valence electrons. The molecule has 3 aromatic carbocycles. The van der Waals surface area contributed by atoms with E-state index < -0.39 is 0 Å². The molecule has 0 aliphatic heterocycles. The maximum absolute atomic E-state index is 8.25. The Labute approximate surface area is 133 Å². The Bertz CT molecular complexity index is 316. The van der Waals surface area contributed by atoms with E-state index >= 15 is 0 Å². The van der Waals surface area contributed by atoms with Gasteiger partial charge >= 0.3 is 23.7 Å². The van der Waals surface area contributed by atoms with Crippen molar-refractivity contribution in [1.29, 1.82) is 0 Å². The monoisotopic (exact) mass is 295 g/mol. The Kier molecular flexibility index (Phi) is 15.6. The average molecular weight is 295 g/mol. The number of benzene rings is 3. The molecule has 0 saturated heterocycles. The van der Waals surface area contributed by atoms with Crippen LogP contribution in [-0.4, -0.2) is 0 Å². The van der Waals surface area contributed by atoms with Crippen LogP contribution >= 0.6 is 0 Å². The van der Waals surface area contributed by atoms with Crippen LogP contribution in [0.2, 0.25) is 0 Å². The third-order valence-corrected chi connectivity index (χ3v) is 1.82. The summed E-state index contributed by atoms with van der Waals surface area (Å²) in [6.07, 6.45) is 0. The van der Waals surface area contributed by atoms with Crippen LogP contribution in [0.3, 0.4) is 0 Å². The van der Waals surface area contributed by atoms with E-state index in [4.69, 9.17) is 3.32 Å². The summed E-state index contributed by atoms with van der Waals surface area (Å²) < 4.78 is 8.25. The number of rotatable bonds is 0. The Morgan fingerprint density at radius 2 is 0.600 bits per heavy atom. The summed E-state index contributed by atoms with van der Waals surface area (Å²) in [5.74, 6) is 0. The van der Waals surface area contributed by atoms with Crippen molar-refractivity contribution in [2.45, 2.75) is 0 Å². The molecule has 2 heteroatoms. The van der Waals surface area contributed by atoms with Crippen LogP contribution < -0.4 is 0 Å². The van der Waals surface area contributed by atoms with Gasteiger partial charge in [-0.05, 0) is 0 Å². The van der Waals surface area contributed by atoms with Crippen molar-refractivity contribution in [1.82, 2.24) is 0 Å². The summed E-state index contributed by atoms with van der Waals surface area (Å²) in [4.78, 5) is 0. The zero-order valence-corrected chi connectivity index (χ0v) is 12.6. The molecule has 1 nitrogen and oxygen atoms in total. The van der Waals surface area contributed by atoms with E-state index in [1.807, 2.05) is 91.0 Å². The van der Waals surface area contributed by atoms with Crippen molar-refractivity contribution in [3.8, 4) is 0 Å². The molecular formula is C18H15OTi-3. The van der Waals surface area contributed by atoms with Gasteiger partial charge in [0, 0.05) is 0 Å². The Balaban J connectivity index is 0.000000255. The van der Waals surface area contributed by atoms with Crippen LogP contribution in [0, 0.1) is 18.2 Å². The Hall–Kier alpha value is -1.83. The predicted octanol–water partition coefficient (Wildman–Crippen LogP) is 4.34. The molecule has 0 heterocycles. The van der Waals surface area contributed by atoms with Gasteiger partial charge in [-0.25, -0.2) is 0 Å². The van der Waals surface area contributed by atoms with Gasteiger partial charge in [-0.1, -0.05) is 0 Å². The number of hydrogen-bond donors (Lipinski definition) is 0. The van der Waals surface area contributed by atoms with Crippen LogP contribution in [0.15, 0.2) is 91.0 Å². The van der Waals surface area contributed by atoms with E-state index in [1.54, 1.807) is 0 Å². The van der Waals surface area contributed by atoms with Crippen molar-refractivity contribution in [3.05, 3.63) is 109 Å². The molecule has 0 aliphatic carbocycles. The molecule has 20 heavy (non-hydrogen) atoms. The average Bonchev–Trinajstić information content (AvgIpc) is 2.62. The van der Waals surface area contributed by atoms with Crippen molar-refractivity contribution < 1.29 is 23.7 Å². The Morgan fingerprint density at radius 3 is 0.650 bits per heavy atom. The van der Waals surface area contributed by atoms with Gasteiger partial charge in [0.2, 0.25) is 0 Å². The minimum atomic E-state index is 0.750. The van der Waals surface area contributed by atoms with Crippen LogP contribution in [0.4, 0.5) is 0 Å². The smallest absolute Gasteiger partial charge is 0.171 e. The van der Waals surface area contributed by atoms with Gasteiger partial charge < -0.3 is 0 Å². The van der Waals surface area contributed by atoms with Gasteiger partial charge in [0.25, 0.3) is 0 Å². The van der Waals surface area contributed by atoms with Gasteiger partial charge in [0.1, 0.15) is 0 Å². The van der Waals surface area contributed by atoms with E-state index in [0.717, 1.165) is 20.4 Å². The van der Waals surface area contributed by atoms with Crippen LogP contribution in [0.25, 0.3) is 0 Å². The molecule has 0 fully saturated rings. The molecule has 0 aliphatic rings. The van der Waals surface area contributed by atoms with E-state index in [0.29, 0.717) is 0 Å². The first-order valence-electron chi connectivity index (χ1n) is 5.94. The van der Waals surface area contributed by atoms with Crippen molar-refractivity contribution in [2.75, 3.05) is 0 Å². The summed E-state index contributed by atoms with van der Waals surface area (Å²) >= 11 is 0.750. The molecule has 0 spiro atoms. The second-order valence-electron chi connectivity index (χ2n) is 3.23. The van der Waals surface area contributed by atoms with Gasteiger partial charge in [-0.15, -0.1) is 0 Å². The maximum atomic E-state index is 8.25. The summed E-state index contributed by atoms with van der Waals surface area (Å²) in [7, 11) is 0. The molecule has 3 aromatic rings.